The molecule has 2 unspecified atom stereocenters. The lowest BCUT2D eigenvalue weighted by molar-refractivity contribution is -0.132. The van der Waals surface area contributed by atoms with Crippen LogP contribution in [0.1, 0.15) is 19.3 Å². The molecule has 0 radical (unpaired) electrons. The SMILES string of the molecule is O=C(NCC1CCCN1)C1CCN(c2cc(Cl)ccc2Cl)C1=O. The molecule has 5 nitrogen and oxygen atoms in total. The molecule has 0 saturated carbocycles. The number of hydrogen-bond donors (Lipinski definition) is 2. The molecule has 2 saturated heterocycles. The van der Waals surface area contributed by atoms with Crippen molar-refractivity contribution in [3.63, 3.8) is 0 Å². The molecule has 2 heterocycles. The van der Waals surface area contributed by atoms with Crippen LogP contribution in [0, 0.1) is 5.92 Å². The summed E-state index contributed by atoms with van der Waals surface area (Å²) in [4.78, 5) is 26.4. The van der Waals surface area contributed by atoms with Crippen LogP contribution < -0.4 is 15.5 Å². The van der Waals surface area contributed by atoms with Gasteiger partial charge < -0.3 is 15.5 Å². The molecule has 0 aromatic heterocycles. The third kappa shape index (κ3) is 3.62. The molecule has 2 N–H and O–H groups in total. The lowest BCUT2D eigenvalue weighted by atomic mass is 10.1. The largest absolute Gasteiger partial charge is 0.354 e. The number of carbonyl (C=O) groups is 2. The fraction of sp³-hybridized carbons (Fsp3) is 0.500. The molecular weight excluding hydrogens is 337 g/mol. The van der Waals surface area contributed by atoms with Gasteiger partial charge in [0, 0.05) is 24.2 Å². The van der Waals surface area contributed by atoms with E-state index in [1.54, 1.807) is 23.1 Å². The maximum Gasteiger partial charge on any atom is 0.239 e. The van der Waals surface area contributed by atoms with Gasteiger partial charge in [-0.05, 0) is 44.0 Å². The lowest BCUT2D eigenvalue weighted by Crippen LogP contribution is -2.42. The topological polar surface area (TPSA) is 61.4 Å². The maximum atomic E-state index is 12.6. The third-order valence-corrected chi connectivity index (χ3v) is 4.96. The standard InChI is InChI=1S/C16H19Cl2N3O2/c17-10-3-4-13(18)14(8-10)21-7-5-12(16(21)23)15(22)20-9-11-2-1-6-19-11/h3-4,8,11-12,19H,1-2,5-7,9H2,(H,20,22). The average molecular weight is 356 g/mol. The van der Waals surface area contributed by atoms with Crippen molar-refractivity contribution in [3.05, 3.63) is 28.2 Å². The Balaban J connectivity index is 1.63. The van der Waals surface area contributed by atoms with E-state index in [0.29, 0.717) is 41.3 Å². The van der Waals surface area contributed by atoms with Gasteiger partial charge >= 0.3 is 0 Å². The maximum absolute atomic E-state index is 12.6. The van der Waals surface area contributed by atoms with E-state index in [2.05, 4.69) is 10.6 Å². The highest BCUT2D eigenvalue weighted by atomic mass is 35.5. The Morgan fingerprint density at radius 3 is 2.91 bits per heavy atom. The number of halogens is 2. The molecule has 1 aromatic rings. The van der Waals surface area contributed by atoms with Crippen molar-refractivity contribution in [3.8, 4) is 0 Å². The number of benzene rings is 1. The van der Waals surface area contributed by atoms with Crippen LogP contribution in [0.5, 0.6) is 0 Å². The second-order valence-electron chi connectivity index (χ2n) is 5.97. The van der Waals surface area contributed by atoms with Crippen LogP contribution >= 0.6 is 23.2 Å². The average Bonchev–Trinajstić information content (AvgIpc) is 3.17. The summed E-state index contributed by atoms with van der Waals surface area (Å²) in [6.07, 6.45) is 2.68. The fourth-order valence-electron chi connectivity index (χ4n) is 3.13. The van der Waals surface area contributed by atoms with E-state index in [9.17, 15) is 9.59 Å². The van der Waals surface area contributed by atoms with Crippen molar-refractivity contribution < 1.29 is 9.59 Å². The highest BCUT2D eigenvalue weighted by Crippen LogP contribution is 2.33. The van der Waals surface area contributed by atoms with Crippen molar-refractivity contribution in [2.45, 2.75) is 25.3 Å². The predicted octanol–water partition coefficient (Wildman–Crippen LogP) is 2.21. The van der Waals surface area contributed by atoms with Crippen LogP contribution in [-0.2, 0) is 9.59 Å². The minimum Gasteiger partial charge on any atom is -0.354 e. The molecular formula is C16H19Cl2N3O2. The first-order chi connectivity index (χ1) is 11.1. The number of amides is 2. The molecule has 2 fully saturated rings. The normalized spacial score (nSPS) is 24.3. The van der Waals surface area contributed by atoms with Crippen LogP contribution in [0.2, 0.25) is 10.0 Å². The summed E-state index contributed by atoms with van der Waals surface area (Å²) >= 11 is 12.1. The smallest absolute Gasteiger partial charge is 0.239 e. The van der Waals surface area contributed by atoms with Crippen LogP contribution in [0.25, 0.3) is 0 Å². The summed E-state index contributed by atoms with van der Waals surface area (Å²) < 4.78 is 0. The molecule has 2 aliphatic rings. The van der Waals surface area contributed by atoms with Crippen molar-refractivity contribution in [1.29, 1.82) is 0 Å². The highest BCUT2D eigenvalue weighted by Gasteiger charge is 2.38. The van der Waals surface area contributed by atoms with Gasteiger partial charge in [0.05, 0.1) is 10.7 Å². The van der Waals surface area contributed by atoms with Gasteiger partial charge in [-0.1, -0.05) is 23.2 Å². The molecule has 124 valence electrons. The molecule has 0 spiro atoms. The minimum atomic E-state index is -0.647. The molecule has 1 aromatic carbocycles. The molecule has 2 amide bonds. The zero-order valence-electron chi connectivity index (χ0n) is 12.6. The first-order valence-electron chi connectivity index (χ1n) is 7.84. The number of rotatable bonds is 4. The Labute approximate surface area is 145 Å². The van der Waals surface area contributed by atoms with Gasteiger partial charge in [-0.25, -0.2) is 0 Å². The Hall–Kier alpha value is -1.30. The monoisotopic (exact) mass is 355 g/mol. The Kier molecular flexibility index (Phi) is 5.09. The quantitative estimate of drug-likeness (QED) is 0.814. The summed E-state index contributed by atoms with van der Waals surface area (Å²) in [5.41, 5.74) is 0.567. The van der Waals surface area contributed by atoms with Gasteiger partial charge in [-0.15, -0.1) is 0 Å². The van der Waals surface area contributed by atoms with Crippen LogP contribution in [0.15, 0.2) is 18.2 Å². The number of nitrogens with zero attached hydrogens (tertiary/aromatic N) is 1. The van der Waals surface area contributed by atoms with E-state index in [0.717, 1.165) is 19.4 Å². The summed E-state index contributed by atoms with van der Waals surface area (Å²) in [7, 11) is 0. The molecule has 2 aliphatic heterocycles. The first-order valence-corrected chi connectivity index (χ1v) is 8.59. The molecule has 0 bridgehead atoms. The van der Waals surface area contributed by atoms with E-state index < -0.39 is 5.92 Å². The Morgan fingerprint density at radius 1 is 1.35 bits per heavy atom. The summed E-state index contributed by atoms with van der Waals surface area (Å²) in [6.45, 7) is 2.03. The van der Waals surface area contributed by atoms with Crippen LogP contribution in [-0.4, -0.2) is 37.5 Å². The van der Waals surface area contributed by atoms with Gasteiger partial charge in [0.1, 0.15) is 5.92 Å². The Bertz CT molecular complexity index is 617. The highest BCUT2D eigenvalue weighted by molar-refractivity contribution is 6.36. The van der Waals surface area contributed by atoms with E-state index in [-0.39, 0.29) is 11.8 Å². The molecule has 23 heavy (non-hydrogen) atoms. The van der Waals surface area contributed by atoms with Crippen LogP contribution in [0.3, 0.4) is 0 Å². The summed E-state index contributed by atoms with van der Waals surface area (Å²) in [5, 5.41) is 7.18. The van der Waals surface area contributed by atoms with Crippen molar-refractivity contribution in [2.24, 2.45) is 5.92 Å². The Morgan fingerprint density at radius 2 is 2.17 bits per heavy atom. The van der Waals surface area contributed by atoms with Crippen molar-refractivity contribution >= 4 is 40.7 Å². The second-order valence-corrected chi connectivity index (χ2v) is 6.81. The van der Waals surface area contributed by atoms with Crippen molar-refractivity contribution in [2.75, 3.05) is 24.5 Å². The number of anilines is 1. The lowest BCUT2D eigenvalue weighted by Gasteiger charge is -2.19. The molecule has 3 rings (SSSR count). The minimum absolute atomic E-state index is 0.204. The number of hydrogen-bond acceptors (Lipinski definition) is 3. The summed E-state index contributed by atoms with van der Waals surface area (Å²) in [5.74, 6) is -1.07. The van der Waals surface area contributed by atoms with Gasteiger partial charge in [0.15, 0.2) is 0 Å². The van der Waals surface area contributed by atoms with Gasteiger partial charge in [0.25, 0.3) is 0 Å². The zero-order chi connectivity index (χ0) is 16.4. The van der Waals surface area contributed by atoms with Gasteiger partial charge in [-0.2, -0.15) is 0 Å². The third-order valence-electron chi connectivity index (χ3n) is 4.41. The zero-order valence-corrected chi connectivity index (χ0v) is 14.2. The first kappa shape index (κ1) is 16.6. The number of carbonyl (C=O) groups excluding carboxylic acids is 2. The van der Waals surface area contributed by atoms with Crippen molar-refractivity contribution in [1.82, 2.24) is 10.6 Å². The summed E-state index contributed by atoms with van der Waals surface area (Å²) in [6, 6.07) is 5.30. The van der Waals surface area contributed by atoms with Crippen LogP contribution in [0.4, 0.5) is 5.69 Å². The van der Waals surface area contributed by atoms with E-state index in [4.69, 9.17) is 23.2 Å². The molecule has 2 atom stereocenters. The fourth-order valence-corrected chi connectivity index (χ4v) is 3.52. The second kappa shape index (κ2) is 7.07. The van der Waals surface area contributed by atoms with Gasteiger partial charge in [0.2, 0.25) is 11.8 Å². The predicted molar refractivity (Wildman–Crippen MR) is 91.0 cm³/mol. The van der Waals surface area contributed by atoms with E-state index in [1.165, 1.54) is 0 Å². The number of nitrogens with one attached hydrogen (secondary N) is 2. The molecule has 7 heteroatoms. The van der Waals surface area contributed by atoms with E-state index >= 15 is 0 Å². The van der Waals surface area contributed by atoms with E-state index in [1.807, 2.05) is 0 Å². The molecule has 0 aliphatic carbocycles. The van der Waals surface area contributed by atoms with Gasteiger partial charge in [-0.3, -0.25) is 9.59 Å².